The molecule has 30 heavy (non-hydrogen) atoms. The third-order valence-corrected chi connectivity index (χ3v) is 6.40. The lowest BCUT2D eigenvalue weighted by atomic mass is 10.1. The van der Waals surface area contributed by atoms with Gasteiger partial charge in [0, 0.05) is 43.3 Å². The van der Waals surface area contributed by atoms with E-state index in [-0.39, 0.29) is 5.69 Å². The number of alkyl halides is 3. The van der Waals surface area contributed by atoms with Gasteiger partial charge in [-0.2, -0.15) is 22.6 Å². The molecule has 0 saturated carbocycles. The van der Waals surface area contributed by atoms with Crippen molar-refractivity contribution in [1.82, 2.24) is 14.1 Å². The van der Waals surface area contributed by atoms with Gasteiger partial charge in [0.1, 0.15) is 5.75 Å². The Hall–Kier alpha value is -2.79. The van der Waals surface area contributed by atoms with Crippen molar-refractivity contribution in [3.05, 3.63) is 48.2 Å². The first-order valence-corrected chi connectivity index (χ1v) is 11.0. The maximum absolute atomic E-state index is 13.1. The average molecular weight is 440 g/mol. The molecule has 2 heterocycles. The van der Waals surface area contributed by atoms with Crippen LogP contribution in [-0.2, 0) is 16.2 Å². The number of aromatic nitrogens is 2. The third kappa shape index (κ3) is 3.94. The molecule has 4 rings (SSSR count). The SMILES string of the molecule is CS(=O)(=O)N1CCN(c2ccc3c(cnn3-c3cc(O)cc(C(F)(F)F)c3)c2)CC1. The molecule has 3 aromatic rings. The number of anilines is 1. The Balaban J connectivity index is 1.63. The second-order valence-corrected chi connectivity index (χ2v) is 9.17. The van der Waals surface area contributed by atoms with E-state index in [2.05, 4.69) is 10.00 Å². The van der Waals surface area contributed by atoms with Crippen LogP contribution in [0.4, 0.5) is 18.9 Å². The molecule has 2 aromatic carbocycles. The maximum Gasteiger partial charge on any atom is 0.416 e. The van der Waals surface area contributed by atoms with Crippen molar-refractivity contribution in [3.63, 3.8) is 0 Å². The lowest BCUT2D eigenvalue weighted by molar-refractivity contribution is -0.137. The molecule has 0 radical (unpaired) electrons. The van der Waals surface area contributed by atoms with Crippen LogP contribution in [0.2, 0.25) is 0 Å². The summed E-state index contributed by atoms with van der Waals surface area (Å²) < 4.78 is 65.3. The monoisotopic (exact) mass is 440 g/mol. The Kier molecular flexibility index (Phi) is 4.89. The Morgan fingerprint density at radius 2 is 1.70 bits per heavy atom. The number of rotatable bonds is 3. The van der Waals surface area contributed by atoms with Crippen molar-refractivity contribution in [3.8, 4) is 11.4 Å². The predicted octanol–water partition coefficient (Wildman–Crippen LogP) is 2.83. The fourth-order valence-electron chi connectivity index (χ4n) is 3.58. The smallest absolute Gasteiger partial charge is 0.416 e. The number of benzene rings is 2. The van der Waals surface area contributed by atoms with Crippen LogP contribution in [0.1, 0.15) is 5.56 Å². The van der Waals surface area contributed by atoms with Gasteiger partial charge < -0.3 is 10.0 Å². The van der Waals surface area contributed by atoms with Crippen LogP contribution in [0.3, 0.4) is 0 Å². The summed E-state index contributed by atoms with van der Waals surface area (Å²) in [4.78, 5) is 2.05. The summed E-state index contributed by atoms with van der Waals surface area (Å²) in [7, 11) is -3.22. The number of halogens is 3. The molecular formula is C19H19F3N4O3S. The standard InChI is InChI=1S/C19H19F3N4O3S/c1-30(28,29)25-6-4-24(5-7-25)15-2-3-18-13(8-15)12-23-26(18)16-9-14(19(20,21)22)10-17(27)11-16/h2-3,8-12,27H,4-7H2,1H3. The number of piperazine rings is 1. The number of sulfonamides is 1. The quantitative estimate of drug-likeness (QED) is 0.678. The highest BCUT2D eigenvalue weighted by molar-refractivity contribution is 7.88. The molecule has 1 aromatic heterocycles. The van der Waals surface area contributed by atoms with E-state index in [1.807, 2.05) is 12.1 Å². The highest BCUT2D eigenvalue weighted by atomic mass is 32.2. The third-order valence-electron chi connectivity index (χ3n) is 5.10. The van der Waals surface area contributed by atoms with Gasteiger partial charge in [0.15, 0.2) is 0 Å². The second kappa shape index (κ2) is 7.17. The number of hydrogen-bond donors (Lipinski definition) is 1. The molecule has 0 bridgehead atoms. The number of aromatic hydroxyl groups is 1. The molecule has 0 spiro atoms. The zero-order valence-corrected chi connectivity index (χ0v) is 16.8. The molecule has 0 aliphatic carbocycles. The van der Waals surface area contributed by atoms with Crippen molar-refractivity contribution >= 4 is 26.6 Å². The first-order chi connectivity index (χ1) is 14.0. The Morgan fingerprint density at radius 1 is 1.00 bits per heavy atom. The first-order valence-electron chi connectivity index (χ1n) is 9.12. The zero-order valence-electron chi connectivity index (χ0n) is 16.0. The molecule has 11 heteroatoms. The molecule has 0 amide bonds. The molecule has 1 aliphatic heterocycles. The van der Waals surface area contributed by atoms with Gasteiger partial charge in [0.25, 0.3) is 0 Å². The van der Waals surface area contributed by atoms with E-state index in [0.717, 1.165) is 17.1 Å². The van der Waals surface area contributed by atoms with E-state index >= 15 is 0 Å². The van der Waals surface area contributed by atoms with Crippen molar-refractivity contribution < 1.29 is 26.7 Å². The van der Waals surface area contributed by atoms with Gasteiger partial charge in [0.2, 0.25) is 10.0 Å². The lowest BCUT2D eigenvalue weighted by Crippen LogP contribution is -2.48. The van der Waals surface area contributed by atoms with Crippen LogP contribution < -0.4 is 4.90 Å². The predicted molar refractivity (Wildman–Crippen MR) is 106 cm³/mol. The zero-order chi connectivity index (χ0) is 21.7. The Labute approximate surface area is 171 Å². The summed E-state index contributed by atoms with van der Waals surface area (Å²) in [5.41, 5.74) is 0.614. The van der Waals surface area contributed by atoms with E-state index in [4.69, 9.17) is 0 Å². The molecule has 0 unspecified atom stereocenters. The largest absolute Gasteiger partial charge is 0.508 e. The molecular weight excluding hydrogens is 421 g/mol. The number of hydrogen-bond acceptors (Lipinski definition) is 5. The summed E-state index contributed by atoms with van der Waals surface area (Å²) in [6.45, 7) is 1.85. The van der Waals surface area contributed by atoms with Crippen LogP contribution in [0, 0.1) is 0 Å². The Bertz CT molecular complexity index is 1200. The lowest BCUT2D eigenvalue weighted by Gasteiger charge is -2.34. The van der Waals surface area contributed by atoms with Crippen LogP contribution in [0.5, 0.6) is 5.75 Å². The molecule has 1 N–H and O–H groups in total. The van der Waals surface area contributed by atoms with Gasteiger partial charge in [-0.1, -0.05) is 0 Å². The van der Waals surface area contributed by atoms with Gasteiger partial charge in [-0.05, 0) is 30.3 Å². The van der Waals surface area contributed by atoms with E-state index in [9.17, 15) is 26.7 Å². The Morgan fingerprint density at radius 3 is 2.33 bits per heavy atom. The molecule has 0 atom stereocenters. The number of phenolic OH excluding ortho intramolecular Hbond substituents is 1. The van der Waals surface area contributed by atoms with Crippen LogP contribution in [0.25, 0.3) is 16.6 Å². The summed E-state index contributed by atoms with van der Waals surface area (Å²) >= 11 is 0. The summed E-state index contributed by atoms with van der Waals surface area (Å²) in [5.74, 6) is -0.496. The second-order valence-electron chi connectivity index (χ2n) is 7.18. The van der Waals surface area contributed by atoms with Gasteiger partial charge in [-0.15, -0.1) is 0 Å². The van der Waals surface area contributed by atoms with Crippen molar-refractivity contribution in [1.29, 1.82) is 0 Å². The first kappa shape index (κ1) is 20.5. The van der Waals surface area contributed by atoms with Gasteiger partial charge in [-0.3, -0.25) is 0 Å². The topological polar surface area (TPSA) is 78.7 Å². The normalized spacial score (nSPS) is 16.3. The minimum Gasteiger partial charge on any atom is -0.508 e. The molecule has 1 saturated heterocycles. The summed E-state index contributed by atoms with van der Waals surface area (Å²) in [6, 6.07) is 8.26. The highest BCUT2D eigenvalue weighted by Gasteiger charge is 2.31. The summed E-state index contributed by atoms with van der Waals surface area (Å²) in [6.07, 6.45) is -1.85. The number of phenols is 1. The number of nitrogens with zero attached hydrogens (tertiary/aromatic N) is 4. The minimum absolute atomic E-state index is 0.104. The van der Waals surface area contributed by atoms with E-state index in [0.29, 0.717) is 37.8 Å². The van der Waals surface area contributed by atoms with E-state index < -0.39 is 27.5 Å². The van der Waals surface area contributed by atoms with Crippen molar-refractivity contribution in [2.75, 3.05) is 37.3 Å². The van der Waals surface area contributed by atoms with Gasteiger partial charge in [0.05, 0.1) is 29.2 Å². The maximum atomic E-state index is 13.1. The van der Waals surface area contributed by atoms with Crippen LogP contribution >= 0.6 is 0 Å². The average Bonchev–Trinajstić information content (AvgIpc) is 3.09. The summed E-state index contributed by atoms with van der Waals surface area (Å²) in [5, 5.41) is 14.6. The van der Waals surface area contributed by atoms with Gasteiger partial charge >= 0.3 is 6.18 Å². The van der Waals surface area contributed by atoms with E-state index in [1.165, 1.54) is 21.3 Å². The van der Waals surface area contributed by atoms with Gasteiger partial charge in [-0.25, -0.2) is 13.1 Å². The fraction of sp³-hybridized carbons (Fsp3) is 0.316. The minimum atomic E-state index is -4.59. The molecule has 1 aliphatic rings. The molecule has 7 nitrogen and oxygen atoms in total. The molecule has 160 valence electrons. The molecule has 1 fully saturated rings. The van der Waals surface area contributed by atoms with Crippen molar-refractivity contribution in [2.45, 2.75) is 6.18 Å². The van der Waals surface area contributed by atoms with E-state index in [1.54, 1.807) is 12.3 Å². The van der Waals surface area contributed by atoms with Crippen LogP contribution in [-0.4, -0.2) is 60.0 Å². The van der Waals surface area contributed by atoms with Crippen LogP contribution in [0.15, 0.2) is 42.6 Å². The highest BCUT2D eigenvalue weighted by Crippen LogP contribution is 2.34. The fourth-order valence-corrected chi connectivity index (χ4v) is 4.41. The number of fused-ring (bicyclic) bond motifs is 1. The van der Waals surface area contributed by atoms with Crippen molar-refractivity contribution in [2.24, 2.45) is 0 Å².